The Morgan fingerprint density at radius 2 is 1.71 bits per heavy atom. The molecule has 0 spiro atoms. The lowest BCUT2D eigenvalue weighted by atomic mass is 9.99. The van der Waals surface area contributed by atoms with Crippen LogP contribution in [0.3, 0.4) is 0 Å². The van der Waals surface area contributed by atoms with Crippen molar-refractivity contribution in [2.75, 3.05) is 6.61 Å². The fraction of sp³-hybridized carbons (Fsp3) is 0.455. The molecule has 1 unspecified atom stereocenters. The van der Waals surface area contributed by atoms with Crippen LogP contribution in [0, 0.1) is 13.8 Å². The van der Waals surface area contributed by atoms with Gasteiger partial charge in [-0.2, -0.15) is 0 Å². The highest BCUT2D eigenvalue weighted by Crippen LogP contribution is 2.21. The van der Waals surface area contributed by atoms with Gasteiger partial charge in [0.2, 0.25) is 0 Å². The topological polar surface area (TPSA) is 82.5 Å². The summed E-state index contributed by atoms with van der Waals surface area (Å²) in [7, 11) is 0. The number of epoxide rings is 1. The average molecular weight is 196 g/mol. The SMILES string of the molecule is Cc1cccc(C)c1CC1CO1.N.N. The lowest BCUT2D eigenvalue weighted by Crippen LogP contribution is -1.98. The molecular weight excluding hydrogens is 176 g/mol. The fourth-order valence-electron chi connectivity index (χ4n) is 1.58. The Hall–Kier alpha value is -0.900. The van der Waals surface area contributed by atoms with Crippen LogP contribution in [-0.2, 0) is 11.2 Å². The van der Waals surface area contributed by atoms with Gasteiger partial charge in [0, 0.05) is 6.42 Å². The van der Waals surface area contributed by atoms with Crippen LogP contribution in [0.4, 0.5) is 0 Å². The van der Waals surface area contributed by atoms with Crippen molar-refractivity contribution in [3.63, 3.8) is 0 Å². The Morgan fingerprint density at radius 1 is 1.21 bits per heavy atom. The zero-order valence-electron chi connectivity index (χ0n) is 9.05. The van der Waals surface area contributed by atoms with E-state index in [2.05, 4.69) is 32.0 Å². The molecule has 3 heteroatoms. The van der Waals surface area contributed by atoms with Crippen LogP contribution < -0.4 is 12.3 Å². The average Bonchev–Trinajstić information content (AvgIpc) is 2.80. The molecule has 1 heterocycles. The third-order valence-corrected chi connectivity index (χ3v) is 2.48. The molecule has 14 heavy (non-hydrogen) atoms. The van der Waals surface area contributed by atoms with Crippen LogP contribution in [0.25, 0.3) is 0 Å². The highest BCUT2D eigenvalue weighted by molar-refractivity contribution is 5.34. The highest BCUT2D eigenvalue weighted by Gasteiger charge is 2.23. The molecule has 6 N–H and O–H groups in total. The van der Waals surface area contributed by atoms with Gasteiger partial charge in [-0.1, -0.05) is 18.2 Å². The lowest BCUT2D eigenvalue weighted by molar-refractivity contribution is 0.407. The maximum absolute atomic E-state index is 5.22. The number of hydrogen-bond donors (Lipinski definition) is 2. The van der Waals surface area contributed by atoms with E-state index in [0.29, 0.717) is 6.10 Å². The normalized spacial score (nSPS) is 18.0. The first kappa shape index (κ1) is 13.1. The van der Waals surface area contributed by atoms with Gasteiger partial charge in [0.25, 0.3) is 0 Å². The van der Waals surface area contributed by atoms with Crippen LogP contribution in [0.5, 0.6) is 0 Å². The lowest BCUT2D eigenvalue weighted by Gasteiger charge is -2.06. The minimum Gasteiger partial charge on any atom is -0.373 e. The van der Waals surface area contributed by atoms with E-state index >= 15 is 0 Å². The molecule has 1 aliphatic heterocycles. The van der Waals surface area contributed by atoms with Gasteiger partial charge in [-0.05, 0) is 30.5 Å². The van der Waals surface area contributed by atoms with Gasteiger partial charge in [-0.15, -0.1) is 0 Å². The Labute approximate surface area is 85.6 Å². The second kappa shape index (κ2) is 5.10. The molecule has 1 aliphatic rings. The molecule has 0 bridgehead atoms. The molecule has 1 saturated heterocycles. The predicted octanol–water partition coefficient (Wildman–Crippen LogP) is 2.57. The van der Waals surface area contributed by atoms with Gasteiger partial charge in [-0.3, -0.25) is 0 Å². The first-order chi connectivity index (χ1) is 5.77. The number of rotatable bonds is 2. The minimum atomic E-state index is 0. The molecule has 0 saturated carbocycles. The molecule has 1 aromatic rings. The van der Waals surface area contributed by atoms with E-state index in [1.807, 2.05) is 0 Å². The van der Waals surface area contributed by atoms with E-state index in [4.69, 9.17) is 4.74 Å². The van der Waals surface area contributed by atoms with Gasteiger partial charge in [-0.25, -0.2) is 0 Å². The molecule has 0 aromatic heterocycles. The standard InChI is InChI=1S/C11H14O.2H3N/c1-8-4-3-5-9(2)11(8)6-10-7-12-10;;/h3-5,10H,6-7H2,1-2H3;2*1H3. The molecule has 3 nitrogen and oxygen atoms in total. The molecule has 1 fully saturated rings. The van der Waals surface area contributed by atoms with Gasteiger partial charge in [0.05, 0.1) is 12.7 Å². The first-order valence-electron chi connectivity index (χ1n) is 4.44. The van der Waals surface area contributed by atoms with Crippen LogP contribution in [0.2, 0.25) is 0 Å². The number of hydrogen-bond acceptors (Lipinski definition) is 3. The van der Waals surface area contributed by atoms with E-state index < -0.39 is 0 Å². The Balaban J connectivity index is 0.000000845. The number of aryl methyl sites for hydroxylation is 2. The second-order valence-electron chi connectivity index (χ2n) is 3.53. The maximum Gasteiger partial charge on any atom is 0.0850 e. The van der Waals surface area contributed by atoms with Gasteiger partial charge >= 0.3 is 0 Å². The smallest absolute Gasteiger partial charge is 0.0850 e. The zero-order chi connectivity index (χ0) is 8.55. The summed E-state index contributed by atoms with van der Waals surface area (Å²) in [4.78, 5) is 0. The van der Waals surface area contributed by atoms with Crippen molar-refractivity contribution in [3.05, 3.63) is 34.9 Å². The Bertz CT molecular complexity index is 275. The maximum atomic E-state index is 5.22. The largest absolute Gasteiger partial charge is 0.373 e. The summed E-state index contributed by atoms with van der Waals surface area (Å²) in [6.07, 6.45) is 1.60. The van der Waals surface area contributed by atoms with Crippen LogP contribution in [0.1, 0.15) is 16.7 Å². The molecule has 2 rings (SSSR count). The summed E-state index contributed by atoms with van der Waals surface area (Å²) in [5.41, 5.74) is 4.26. The van der Waals surface area contributed by atoms with Crippen LogP contribution in [-0.4, -0.2) is 12.7 Å². The van der Waals surface area contributed by atoms with Crippen molar-refractivity contribution in [1.82, 2.24) is 12.3 Å². The van der Waals surface area contributed by atoms with E-state index in [1.165, 1.54) is 16.7 Å². The molecule has 80 valence electrons. The van der Waals surface area contributed by atoms with Gasteiger partial charge in [0.15, 0.2) is 0 Å². The summed E-state index contributed by atoms with van der Waals surface area (Å²) in [6, 6.07) is 6.46. The van der Waals surface area contributed by atoms with E-state index in [-0.39, 0.29) is 12.3 Å². The van der Waals surface area contributed by atoms with Crippen molar-refractivity contribution in [2.45, 2.75) is 26.4 Å². The number of benzene rings is 1. The molecule has 0 radical (unpaired) electrons. The van der Waals surface area contributed by atoms with Gasteiger partial charge < -0.3 is 17.0 Å². The third-order valence-electron chi connectivity index (χ3n) is 2.48. The monoisotopic (exact) mass is 196 g/mol. The molecule has 0 aliphatic carbocycles. The van der Waals surface area contributed by atoms with Crippen molar-refractivity contribution < 1.29 is 4.74 Å². The van der Waals surface area contributed by atoms with Crippen molar-refractivity contribution in [1.29, 1.82) is 0 Å². The van der Waals surface area contributed by atoms with Crippen molar-refractivity contribution >= 4 is 0 Å². The van der Waals surface area contributed by atoms with Crippen molar-refractivity contribution in [3.8, 4) is 0 Å². The number of ether oxygens (including phenoxy) is 1. The van der Waals surface area contributed by atoms with Crippen LogP contribution in [0.15, 0.2) is 18.2 Å². The van der Waals surface area contributed by atoms with Gasteiger partial charge in [0.1, 0.15) is 0 Å². The molecule has 1 atom stereocenters. The summed E-state index contributed by atoms with van der Waals surface area (Å²) >= 11 is 0. The second-order valence-corrected chi connectivity index (χ2v) is 3.53. The zero-order valence-corrected chi connectivity index (χ0v) is 9.05. The summed E-state index contributed by atoms with van der Waals surface area (Å²) in [5.74, 6) is 0. The molecule has 1 aromatic carbocycles. The molecule has 0 amide bonds. The summed E-state index contributed by atoms with van der Waals surface area (Å²) in [5, 5.41) is 0. The van der Waals surface area contributed by atoms with E-state index in [1.54, 1.807) is 0 Å². The molecular formula is C11H20N2O. The highest BCUT2D eigenvalue weighted by atomic mass is 16.6. The Morgan fingerprint density at radius 3 is 2.14 bits per heavy atom. The third kappa shape index (κ3) is 2.80. The summed E-state index contributed by atoms with van der Waals surface area (Å²) < 4.78 is 5.22. The Kier molecular flexibility index (Phi) is 4.77. The fourth-order valence-corrected chi connectivity index (χ4v) is 1.58. The predicted molar refractivity (Wildman–Crippen MR) is 59.4 cm³/mol. The summed E-state index contributed by atoms with van der Waals surface area (Å²) in [6.45, 7) is 5.29. The van der Waals surface area contributed by atoms with Crippen LogP contribution >= 0.6 is 0 Å². The minimum absolute atomic E-state index is 0. The van der Waals surface area contributed by atoms with E-state index in [0.717, 1.165) is 13.0 Å². The first-order valence-corrected chi connectivity index (χ1v) is 4.44. The quantitative estimate of drug-likeness (QED) is 0.713. The van der Waals surface area contributed by atoms with E-state index in [9.17, 15) is 0 Å². The van der Waals surface area contributed by atoms with Crippen molar-refractivity contribution in [2.24, 2.45) is 0 Å².